The molecule has 9 aromatic carbocycles. The second kappa shape index (κ2) is 30.2. The molecule has 9 aromatic rings. The summed E-state index contributed by atoms with van der Waals surface area (Å²) in [5.41, 5.74) is 0. The number of halogens is 2. The Morgan fingerprint density at radius 1 is 0.176 bits per heavy atom. The maximum Gasteiger partial charge on any atom is 2.00 e. The van der Waals surface area contributed by atoms with Crippen molar-refractivity contribution in [1.29, 1.82) is 0 Å². The van der Waals surface area contributed by atoms with E-state index in [1.807, 2.05) is 0 Å². The third-order valence-corrected chi connectivity index (χ3v) is 16.5. The molecule has 14 heteroatoms. The molecule has 0 aliphatic heterocycles. The first-order valence-electron chi connectivity index (χ1n) is 20.4. The minimum atomic E-state index is -4.94. The fourth-order valence-electron chi connectivity index (χ4n) is 6.54. The summed E-state index contributed by atoms with van der Waals surface area (Å²) in [6.45, 7) is 0. The first-order valence-corrected chi connectivity index (χ1v) is 26.9. The van der Waals surface area contributed by atoms with Gasteiger partial charge in [-0.05, 0) is 71.5 Å². The summed E-state index contributed by atoms with van der Waals surface area (Å²) in [7, 11) is -11.2. The van der Waals surface area contributed by atoms with Crippen molar-refractivity contribution in [1.82, 2.24) is 0 Å². The molecule has 0 radical (unpaired) electrons. The molecule has 0 saturated carbocycles. The summed E-state index contributed by atoms with van der Waals surface area (Å²) in [6.07, 6.45) is 0. The number of hydrogen-bond acceptors (Lipinski definition) is 8. The van der Waals surface area contributed by atoms with E-state index in [9.17, 15) is 0 Å². The van der Waals surface area contributed by atoms with Crippen LogP contribution in [-0.2, 0) is 27.7 Å². The average molecular weight is 1190 g/mol. The van der Waals surface area contributed by atoms with Crippen LogP contribution in [0.1, 0.15) is 0 Å². The molecule has 0 aliphatic carbocycles. The van der Waals surface area contributed by atoms with Crippen LogP contribution in [0.2, 0.25) is 0 Å². The van der Waals surface area contributed by atoms with Crippen molar-refractivity contribution in [2.45, 2.75) is 0 Å². The minimum Gasteiger partial charge on any atom is -0.222 e. The molecular formula is C54H45Cl2HgO8P3. The summed E-state index contributed by atoms with van der Waals surface area (Å²) in [5, 5.41) is 12.6. The Balaban J connectivity index is 0.000000201. The third kappa shape index (κ3) is 21.0. The van der Waals surface area contributed by atoms with E-state index in [2.05, 4.69) is 273 Å². The Bertz CT molecular complexity index is 2080. The molecule has 0 saturated heterocycles. The first-order chi connectivity index (χ1) is 32.3. The van der Waals surface area contributed by atoms with Gasteiger partial charge >= 0.3 is 27.7 Å². The van der Waals surface area contributed by atoms with Gasteiger partial charge in [0.2, 0.25) is 0 Å². The van der Waals surface area contributed by atoms with Crippen molar-refractivity contribution in [3.63, 3.8) is 0 Å². The molecule has 0 atom stereocenters. The van der Waals surface area contributed by atoms with Gasteiger partial charge in [-0.1, -0.05) is 273 Å². The standard InChI is InChI=1S/3C18H15P.2ClHO4.Hg/c3*1-4-10-16(11-5-1)19(17-12-6-2-7-13-17)18-14-8-3-9-15-18;2*2-1(3,4)5;/h3*1-15H;2*(H,2,3,4,5);/q;;;;;+2/p-2. The maximum atomic E-state index is 8.49. The molecule has 0 amide bonds. The van der Waals surface area contributed by atoms with Crippen LogP contribution in [0.5, 0.6) is 0 Å². The van der Waals surface area contributed by atoms with Gasteiger partial charge in [0.25, 0.3) is 0 Å². The first kappa shape index (κ1) is 56.1. The normalized spacial score (nSPS) is 10.6. The third-order valence-electron chi connectivity index (χ3n) is 9.13. The number of rotatable bonds is 9. The molecule has 0 heterocycles. The Hall–Kier alpha value is -4.53. The van der Waals surface area contributed by atoms with Crippen molar-refractivity contribution < 1.29 is 85.4 Å². The van der Waals surface area contributed by atoms with Crippen LogP contribution in [0.15, 0.2) is 273 Å². The molecule has 0 fully saturated rings. The smallest absolute Gasteiger partial charge is 0.222 e. The van der Waals surface area contributed by atoms with Crippen molar-refractivity contribution in [2.75, 3.05) is 0 Å². The van der Waals surface area contributed by atoms with Crippen LogP contribution in [0.4, 0.5) is 0 Å². The average Bonchev–Trinajstić information content (AvgIpc) is 3.34. The fourth-order valence-corrected chi connectivity index (χ4v) is 13.5. The van der Waals surface area contributed by atoms with Crippen LogP contribution in [0.25, 0.3) is 0 Å². The Morgan fingerprint density at radius 3 is 0.324 bits per heavy atom. The molecule has 0 unspecified atom stereocenters. The van der Waals surface area contributed by atoms with E-state index in [-0.39, 0.29) is 27.7 Å². The number of benzene rings is 9. The van der Waals surface area contributed by atoms with Gasteiger partial charge in [0.1, 0.15) is 0 Å². The molecule has 0 N–H and O–H groups in total. The zero-order chi connectivity index (χ0) is 47.7. The Morgan fingerprint density at radius 2 is 0.250 bits per heavy atom. The summed E-state index contributed by atoms with van der Waals surface area (Å²) in [4.78, 5) is 0. The molecule has 0 aliphatic rings. The fraction of sp³-hybridized carbons (Fsp3) is 0. The van der Waals surface area contributed by atoms with E-state index in [1.165, 1.54) is 47.7 Å². The van der Waals surface area contributed by atoms with E-state index in [4.69, 9.17) is 37.3 Å². The zero-order valence-electron chi connectivity index (χ0n) is 36.6. The molecule has 0 bridgehead atoms. The summed E-state index contributed by atoms with van der Waals surface area (Å²) in [6, 6.07) is 97.0. The summed E-state index contributed by atoms with van der Waals surface area (Å²) in [5.74, 6) is 0. The van der Waals surface area contributed by atoms with Gasteiger partial charge in [0, 0.05) is 0 Å². The summed E-state index contributed by atoms with van der Waals surface area (Å²) < 4.78 is 67.9. The molecule has 8 nitrogen and oxygen atoms in total. The van der Waals surface area contributed by atoms with Crippen LogP contribution in [0.3, 0.4) is 0 Å². The molecular weight excluding hydrogens is 1140 g/mol. The van der Waals surface area contributed by atoms with Gasteiger partial charge in [0.05, 0.1) is 0 Å². The predicted molar refractivity (Wildman–Crippen MR) is 255 cm³/mol. The topological polar surface area (TPSA) is 184 Å². The molecule has 0 aromatic heterocycles. The predicted octanol–water partition coefficient (Wildman–Crippen LogP) is 0.820. The molecule has 68 heavy (non-hydrogen) atoms. The molecule has 9 rings (SSSR count). The zero-order valence-corrected chi connectivity index (χ0v) is 46.2. The van der Waals surface area contributed by atoms with Gasteiger partial charge in [-0.3, -0.25) is 0 Å². The van der Waals surface area contributed by atoms with Crippen molar-refractivity contribution >= 4 is 71.5 Å². The minimum absolute atomic E-state index is 0. The van der Waals surface area contributed by atoms with Gasteiger partial charge in [-0.2, -0.15) is 0 Å². The van der Waals surface area contributed by atoms with E-state index in [0.717, 1.165) is 0 Å². The molecule has 0 spiro atoms. The van der Waals surface area contributed by atoms with Gasteiger partial charge in [0.15, 0.2) is 0 Å². The van der Waals surface area contributed by atoms with Gasteiger partial charge in [-0.25, -0.2) is 37.3 Å². The van der Waals surface area contributed by atoms with Crippen LogP contribution in [-0.4, -0.2) is 0 Å². The monoisotopic (exact) mass is 1190 g/mol. The Kier molecular flexibility index (Phi) is 24.9. The van der Waals surface area contributed by atoms with Gasteiger partial charge in [-0.15, -0.1) is 20.5 Å². The van der Waals surface area contributed by atoms with E-state index in [0.29, 0.717) is 0 Å². The molecule has 340 valence electrons. The second-order valence-corrected chi connectivity index (χ2v) is 22.0. The number of hydrogen-bond donors (Lipinski definition) is 0. The quantitative estimate of drug-likeness (QED) is 0.150. The van der Waals surface area contributed by atoms with Crippen molar-refractivity contribution in [2.24, 2.45) is 0 Å². The maximum absolute atomic E-state index is 8.49. The van der Waals surface area contributed by atoms with Crippen molar-refractivity contribution in [3.8, 4) is 0 Å². The Labute approximate surface area is 426 Å². The van der Waals surface area contributed by atoms with Crippen LogP contribution in [0, 0.1) is 20.5 Å². The van der Waals surface area contributed by atoms with E-state index in [1.54, 1.807) is 0 Å². The SMILES string of the molecule is [Hg+2].[O-][Cl+3]([O-])([O-])[O-].[O-][Cl+3]([O-])([O-])[O-].c1ccc(P(c2ccccc2)c2ccccc2)cc1.c1ccc(P(c2ccccc2)c2ccccc2)cc1.c1ccc(P(c2ccccc2)c2ccccc2)cc1. The van der Waals surface area contributed by atoms with Crippen LogP contribution >= 0.6 is 23.8 Å². The van der Waals surface area contributed by atoms with Crippen LogP contribution < -0.4 is 85.0 Å². The van der Waals surface area contributed by atoms with E-state index < -0.39 is 44.3 Å². The van der Waals surface area contributed by atoms with E-state index >= 15 is 0 Å². The van der Waals surface area contributed by atoms with Gasteiger partial charge < -0.3 is 0 Å². The largest absolute Gasteiger partial charge is 2.00 e. The second-order valence-electron chi connectivity index (χ2n) is 13.8. The van der Waals surface area contributed by atoms with Crippen molar-refractivity contribution in [3.05, 3.63) is 273 Å². The summed E-state index contributed by atoms with van der Waals surface area (Å²) >= 11 is 0.